The molecular weight excluding hydrogens is 560 g/mol. The average Bonchev–Trinajstić information content (AvgIpc) is 3.41. The predicted octanol–water partition coefficient (Wildman–Crippen LogP) is 1.98. The fourth-order valence-electron chi connectivity index (χ4n) is 8.83. The largest absolute Gasteiger partial charge is 0.477 e. The van der Waals surface area contributed by atoms with Crippen LogP contribution in [0, 0.1) is 11.8 Å². The van der Waals surface area contributed by atoms with Gasteiger partial charge in [0.2, 0.25) is 11.8 Å². The van der Waals surface area contributed by atoms with Crippen molar-refractivity contribution in [3.8, 4) is 11.1 Å². The number of carbonyl (C=O) groups is 4. The SMILES string of the molecule is C[C@@H](O)[C@H]1C(=O)N2C(C(=O)O)=C(c3ccc4c(c3)-c3ccc(C[N+]56CC[N+](CCCC(N)=O)(CC5)CC6)cc3C4=O)[C@H](C)[C@H]12. The molecule has 8 rings (SSSR count). The van der Waals surface area contributed by atoms with Crippen molar-refractivity contribution in [2.45, 2.75) is 45.4 Å². The average molecular weight is 601 g/mol. The van der Waals surface area contributed by atoms with Gasteiger partial charge in [-0.3, -0.25) is 14.4 Å². The Morgan fingerprint density at radius 3 is 2.25 bits per heavy atom. The maximum absolute atomic E-state index is 13.6. The van der Waals surface area contributed by atoms with Crippen LogP contribution in [-0.4, -0.2) is 106 Å². The fraction of sp³-hybridized carbons (Fsp3) is 0.471. The molecular formula is C34H40N4O6+2. The van der Waals surface area contributed by atoms with E-state index in [1.54, 1.807) is 19.1 Å². The second-order valence-electron chi connectivity index (χ2n) is 13.8. The number of amides is 2. The molecule has 0 spiro atoms. The van der Waals surface area contributed by atoms with Gasteiger partial charge in [0.05, 0.1) is 24.6 Å². The number of fused-ring (bicyclic) bond motifs is 7. The molecule has 2 aromatic rings. The van der Waals surface area contributed by atoms with Gasteiger partial charge in [-0.05, 0) is 47.4 Å². The molecule has 5 heterocycles. The zero-order valence-corrected chi connectivity index (χ0v) is 25.3. The van der Waals surface area contributed by atoms with Gasteiger partial charge >= 0.3 is 5.97 Å². The first-order chi connectivity index (χ1) is 20.9. The molecule has 4 N–H and O–H groups in total. The summed E-state index contributed by atoms with van der Waals surface area (Å²) in [7, 11) is 0. The topological polar surface area (TPSA) is 138 Å². The summed E-state index contributed by atoms with van der Waals surface area (Å²) in [6.45, 7) is 11.9. The number of aliphatic hydroxyl groups excluding tert-OH is 1. The molecule has 0 aromatic heterocycles. The van der Waals surface area contributed by atoms with Gasteiger partial charge < -0.3 is 29.8 Å². The maximum Gasteiger partial charge on any atom is 0.352 e. The number of β-lactam (4-membered cyclic amide) rings is 1. The normalized spacial score (nSPS) is 30.6. The molecule has 230 valence electrons. The molecule has 10 heteroatoms. The van der Waals surface area contributed by atoms with Crippen LogP contribution in [0.4, 0.5) is 0 Å². The number of nitrogens with zero attached hydrogens (tertiary/aromatic N) is 3. The molecule has 4 saturated heterocycles. The number of nitrogens with two attached hydrogens (primary N) is 1. The number of quaternary nitrogens is 2. The van der Waals surface area contributed by atoms with Crippen molar-refractivity contribution in [3.05, 3.63) is 64.3 Å². The van der Waals surface area contributed by atoms with Gasteiger partial charge in [0.1, 0.15) is 51.5 Å². The zero-order chi connectivity index (χ0) is 31.1. The number of carboxylic acids is 1. The molecule has 0 radical (unpaired) electrons. The number of primary amides is 1. The summed E-state index contributed by atoms with van der Waals surface area (Å²) >= 11 is 0. The van der Waals surface area contributed by atoms with E-state index in [0.717, 1.165) is 84.4 Å². The third kappa shape index (κ3) is 4.26. The van der Waals surface area contributed by atoms with E-state index in [9.17, 15) is 29.4 Å². The molecule has 0 unspecified atom stereocenters. The van der Waals surface area contributed by atoms with Crippen molar-refractivity contribution in [2.75, 3.05) is 45.8 Å². The van der Waals surface area contributed by atoms with Gasteiger partial charge in [-0.15, -0.1) is 0 Å². The minimum Gasteiger partial charge on any atom is -0.477 e. The number of ketones is 1. The Labute approximate surface area is 256 Å². The highest BCUT2D eigenvalue weighted by Crippen LogP contribution is 2.51. The molecule has 4 atom stereocenters. The predicted molar refractivity (Wildman–Crippen MR) is 162 cm³/mol. The summed E-state index contributed by atoms with van der Waals surface area (Å²) in [4.78, 5) is 51.3. The molecule has 4 fully saturated rings. The molecule has 2 aromatic carbocycles. The van der Waals surface area contributed by atoms with Crippen LogP contribution in [-0.2, 0) is 20.9 Å². The minimum absolute atomic E-state index is 0.0223. The number of rotatable bonds is 9. The van der Waals surface area contributed by atoms with Crippen molar-refractivity contribution in [2.24, 2.45) is 17.6 Å². The van der Waals surface area contributed by atoms with E-state index in [-0.39, 0.29) is 29.2 Å². The number of benzene rings is 2. The second kappa shape index (κ2) is 10.1. The molecule has 44 heavy (non-hydrogen) atoms. The Balaban J connectivity index is 1.13. The van der Waals surface area contributed by atoms with Gasteiger partial charge in [0.25, 0.3) is 0 Å². The maximum atomic E-state index is 13.6. The van der Waals surface area contributed by atoms with Gasteiger partial charge in [-0.2, -0.15) is 0 Å². The lowest BCUT2D eigenvalue weighted by Crippen LogP contribution is -2.74. The summed E-state index contributed by atoms with van der Waals surface area (Å²) in [5, 5.41) is 20.3. The number of aliphatic hydroxyl groups is 1. The molecule has 2 amide bonds. The van der Waals surface area contributed by atoms with Gasteiger partial charge in [0, 0.05) is 35.4 Å². The van der Waals surface area contributed by atoms with Crippen molar-refractivity contribution in [3.63, 3.8) is 0 Å². The number of carboxylic acid groups (broad SMARTS) is 1. The van der Waals surface area contributed by atoms with E-state index < -0.39 is 24.0 Å². The summed E-state index contributed by atoms with van der Waals surface area (Å²) < 4.78 is 2.10. The quantitative estimate of drug-likeness (QED) is 0.254. The van der Waals surface area contributed by atoms with Gasteiger partial charge in [-0.1, -0.05) is 25.1 Å². The van der Waals surface area contributed by atoms with Crippen LogP contribution in [0.25, 0.3) is 16.7 Å². The first kappa shape index (κ1) is 28.9. The zero-order valence-electron chi connectivity index (χ0n) is 25.3. The van der Waals surface area contributed by atoms with Crippen LogP contribution >= 0.6 is 0 Å². The molecule has 5 aliphatic heterocycles. The molecule has 10 nitrogen and oxygen atoms in total. The lowest BCUT2D eigenvalue weighted by Gasteiger charge is -2.55. The van der Waals surface area contributed by atoms with Crippen LogP contribution in [0.3, 0.4) is 0 Å². The highest BCUT2D eigenvalue weighted by Gasteiger charge is 2.60. The minimum atomic E-state index is -1.17. The Morgan fingerprint density at radius 1 is 0.955 bits per heavy atom. The van der Waals surface area contributed by atoms with Crippen LogP contribution < -0.4 is 5.73 Å². The summed E-state index contributed by atoms with van der Waals surface area (Å²) in [6.07, 6.45) is 0.430. The van der Waals surface area contributed by atoms with E-state index >= 15 is 0 Å². The Morgan fingerprint density at radius 2 is 1.61 bits per heavy atom. The van der Waals surface area contributed by atoms with Crippen molar-refractivity contribution in [1.29, 1.82) is 0 Å². The molecule has 0 saturated carbocycles. The van der Waals surface area contributed by atoms with Crippen molar-refractivity contribution >= 4 is 29.1 Å². The first-order valence-corrected chi connectivity index (χ1v) is 15.7. The van der Waals surface area contributed by atoms with E-state index in [4.69, 9.17) is 5.73 Å². The Hall–Kier alpha value is -3.86. The second-order valence-corrected chi connectivity index (χ2v) is 13.8. The highest BCUT2D eigenvalue weighted by atomic mass is 16.4. The molecule has 1 aliphatic carbocycles. The molecule has 6 aliphatic rings. The van der Waals surface area contributed by atoms with Gasteiger partial charge in [-0.25, -0.2) is 4.79 Å². The summed E-state index contributed by atoms with van der Waals surface area (Å²) in [6, 6.07) is 11.3. The standard InChI is InChI=1S/C34H38N4O6/c1-19-28(31(34(43)44)36-30(19)29(20(2)39)33(36)42)22-6-8-24-25(17-22)23-7-5-21(16-26(23)32(24)41)18-38-13-10-37(11-14-38,12-15-38)9-3-4-27(35)40/h5-8,16-17,19-20,29-30,39H,3-4,9-15,18H2,1-2H3,(H-2,35,40,43,44)/p+2/t19-,20+,29+,30+,37?,38?/m0/s1. The number of carbonyl (C=O) groups excluding carboxylic acids is 3. The number of piperazine rings is 3. The van der Waals surface area contributed by atoms with Crippen molar-refractivity contribution in [1.82, 2.24) is 4.90 Å². The lowest BCUT2D eigenvalue weighted by molar-refractivity contribution is -1.09. The van der Waals surface area contributed by atoms with E-state index in [0.29, 0.717) is 28.7 Å². The number of aliphatic carboxylic acids is 1. The Kier molecular flexibility index (Phi) is 6.62. The Bertz CT molecular complexity index is 1640. The van der Waals surface area contributed by atoms with E-state index in [1.807, 2.05) is 25.1 Å². The third-order valence-electron chi connectivity index (χ3n) is 11.3. The number of hydrogen-bond donors (Lipinski definition) is 3. The van der Waals surface area contributed by atoms with E-state index in [1.165, 1.54) is 4.90 Å². The molecule has 2 bridgehead atoms. The number of hydrogen-bond acceptors (Lipinski definition) is 5. The van der Waals surface area contributed by atoms with Gasteiger partial charge in [0.15, 0.2) is 5.78 Å². The lowest BCUT2D eigenvalue weighted by atomic mass is 9.76. The van der Waals surface area contributed by atoms with Crippen LogP contribution in [0.5, 0.6) is 0 Å². The summed E-state index contributed by atoms with van der Waals surface area (Å²) in [5.74, 6) is -2.69. The van der Waals surface area contributed by atoms with E-state index in [2.05, 4.69) is 6.07 Å². The first-order valence-electron chi connectivity index (χ1n) is 15.7. The smallest absolute Gasteiger partial charge is 0.352 e. The monoisotopic (exact) mass is 600 g/mol. The van der Waals surface area contributed by atoms with Crippen molar-refractivity contribution < 1.29 is 38.4 Å². The summed E-state index contributed by atoms with van der Waals surface area (Å²) in [5.41, 5.74) is 10.6. The fourth-order valence-corrected chi connectivity index (χ4v) is 8.83. The highest BCUT2D eigenvalue weighted by molar-refractivity contribution is 6.22. The third-order valence-corrected chi connectivity index (χ3v) is 11.3. The van der Waals surface area contributed by atoms with Crippen LogP contribution in [0.15, 0.2) is 42.1 Å². The van der Waals surface area contributed by atoms with Crippen LogP contribution in [0.1, 0.15) is 53.7 Å². The van der Waals surface area contributed by atoms with Crippen LogP contribution in [0.2, 0.25) is 0 Å².